The molecule has 0 saturated carbocycles. The molecule has 1 saturated heterocycles. The van der Waals surface area contributed by atoms with Gasteiger partial charge >= 0.3 is 0 Å². The highest BCUT2D eigenvalue weighted by molar-refractivity contribution is 6.05. The van der Waals surface area contributed by atoms with Crippen LogP contribution in [-0.4, -0.2) is 26.9 Å². The summed E-state index contributed by atoms with van der Waals surface area (Å²) in [4.78, 5) is 19.2. The summed E-state index contributed by atoms with van der Waals surface area (Å²) in [6, 6.07) is 16.4. The van der Waals surface area contributed by atoms with E-state index in [-0.39, 0.29) is 23.5 Å². The van der Waals surface area contributed by atoms with Crippen molar-refractivity contribution in [3.05, 3.63) is 101 Å². The maximum atomic E-state index is 13.8. The number of anilines is 1. The molecule has 1 aliphatic heterocycles. The number of carbonyl (C=O) groups excluding carboxylic acids is 1. The number of rotatable bonds is 5. The van der Waals surface area contributed by atoms with Gasteiger partial charge in [0.05, 0.1) is 12.2 Å². The van der Waals surface area contributed by atoms with E-state index >= 15 is 0 Å². The number of hydrogen-bond donors (Lipinski definition) is 0. The number of nitrogens with zero attached hydrogens (tertiary/aromatic N) is 4. The Hall–Kier alpha value is -3.87. The molecule has 0 unspecified atom stereocenters. The van der Waals surface area contributed by atoms with E-state index in [0.717, 1.165) is 24.9 Å². The van der Waals surface area contributed by atoms with E-state index in [1.807, 2.05) is 18.2 Å². The van der Waals surface area contributed by atoms with Crippen molar-refractivity contribution in [3.8, 4) is 0 Å². The predicted octanol–water partition coefficient (Wildman–Crippen LogP) is 5.25. The number of fused-ring (bicyclic) bond motifs is 1. The lowest BCUT2D eigenvalue weighted by Crippen LogP contribution is -2.24. The van der Waals surface area contributed by atoms with Gasteiger partial charge < -0.3 is 4.90 Å². The van der Waals surface area contributed by atoms with Gasteiger partial charge in [0, 0.05) is 6.54 Å². The lowest BCUT2D eigenvalue weighted by Gasteiger charge is -2.26. The summed E-state index contributed by atoms with van der Waals surface area (Å²) in [5, 5.41) is 4.68. The van der Waals surface area contributed by atoms with Crippen molar-refractivity contribution in [2.24, 2.45) is 0 Å². The summed E-state index contributed by atoms with van der Waals surface area (Å²) in [6.07, 6.45) is 6.30. The number of benzene rings is 2. The summed E-state index contributed by atoms with van der Waals surface area (Å²) in [5.74, 6) is -0.204. The molecule has 1 fully saturated rings. The molecule has 2 aromatic heterocycles. The van der Waals surface area contributed by atoms with Crippen LogP contribution >= 0.6 is 0 Å². The fourth-order valence-corrected chi connectivity index (χ4v) is 4.15. The highest BCUT2D eigenvalue weighted by atomic mass is 19.1. The largest absolute Gasteiger partial charge is 0.348 e. The van der Waals surface area contributed by atoms with E-state index in [2.05, 4.69) is 15.0 Å². The molecule has 5 rings (SSSR count). The third kappa shape index (κ3) is 3.89. The summed E-state index contributed by atoms with van der Waals surface area (Å²) in [5.41, 5.74) is 2.37. The molecule has 0 amide bonds. The van der Waals surface area contributed by atoms with Gasteiger partial charge in [-0.05, 0) is 66.4 Å². The smallest absolute Gasteiger partial charge is 0.205 e. The molecular formula is C25H20F2N4O. The molecule has 0 bridgehead atoms. The first-order chi connectivity index (χ1) is 15.6. The third-order valence-corrected chi connectivity index (χ3v) is 5.66. The van der Waals surface area contributed by atoms with Crippen molar-refractivity contribution in [1.29, 1.82) is 0 Å². The Bertz CT molecular complexity index is 1330. The van der Waals surface area contributed by atoms with Crippen LogP contribution in [0.4, 0.5) is 14.6 Å². The Morgan fingerprint density at radius 2 is 1.84 bits per heavy atom. The van der Waals surface area contributed by atoms with Crippen LogP contribution in [0.3, 0.4) is 0 Å². The first-order valence-electron chi connectivity index (χ1n) is 10.4. The van der Waals surface area contributed by atoms with Crippen molar-refractivity contribution >= 4 is 23.3 Å². The number of allylic oxidation sites excluding steroid dienone is 1. The number of halogens is 2. The van der Waals surface area contributed by atoms with E-state index in [4.69, 9.17) is 0 Å². The van der Waals surface area contributed by atoms with Crippen molar-refractivity contribution in [3.63, 3.8) is 0 Å². The molecule has 5 nitrogen and oxygen atoms in total. The average Bonchev–Trinajstić information content (AvgIpc) is 3.44. The first kappa shape index (κ1) is 20.1. The molecule has 1 atom stereocenters. The van der Waals surface area contributed by atoms with Gasteiger partial charge in [-0.15, -0.1) is 5.10 Å². The minimum atomic E-state index is -0.362. The van der Waals surface area contributed by atoms with Crippen LogP contribution < -0.4 is 4.90 Å². The zero-order valence-corrected chi connectivity index (χ0v) is 17.2. The number of aromatic nitrogens is 3. The van der Waals surface area contributed by atoms with E-state index in [1.165, 1.54) is 35.0 Å². The van der Waals surface area contributed by atoms with Crippen molar-refractivity contribution < 1.29 is 13.6 Å². The minimum absolute atomic E-state index is 0.0196. The highest BCUT2D eigenvalue weighted by Crippen LogP contribution is 2.35. The van der Waals surface area contributed by atoms with Crippen LogP contribution in [0.2, 0.25) is 0 Å². The average molecular weight is 430 g/mol. The van der Waals surface area contributed by atoms with Crippen molar-refractivity contribution in [2.75, 3.05) is 11.4 Å². The maximum absolute atomic E-state index is 13.8. The minimum Gasteiger partial charge on any atom is -0.348 e. The molecule has 4 aromatic rings. The summed E-state index contributed by atoms with van der Waals surface area (Å²) in [6.45, 7) is 0.789. The molecule has 3 heterocycles. The number of hydrogen-bond acceptors (Lipinski definition) is 4. The van der Waals surface area contributed by atoms with Crippen molar-refractivity contribution in [1.82, 2.24) is 14.6 Å². The van der Waals surface area contributed by atoms with Gasteiger partial charge in [0.2, 0.25) is 5.78 Å². The van der Waals surface area contributed by atoms with E-state index < -0.39 is 0 Å². The zero-order valence-electron chi connectivity index (χ0n) is 17.2. The maximum Gasteiger partial charge on any atom is 0.205 e. The molecule has 0 spiro atoms. The van der Waals surface area contributed by atoms with E-state index in [1.54, 1.807) is 30.3 Å². The van der Waals surface area contributed by atoms with Crippen LogP contribution in [0.5, 0.6) is 0 Å². The Morgan fingerprint density at radius 3 is 2.66 bits per heavy atom. The fourth-order valence-electron chi connectivity index (χ4n) is 4.15. The van der Waals surface area contributed by atoms with Gasteiger partial charge in [-0.1, -0.05) is 30.3 Å². The second-order valence-corrected chi connectivity index (χ2v) is 7.76. The van der Waals surface area contributed by atoms with Crippen LogP contribution in [0, 0.1) is 11.6 Å². The van der Waals surface area contributed by atoms with Crippen LogP contribution in [0.15, 0.2) is 72.9 Å². The normalized spacial score (nSPS) is 16.3. The third-order valence-electron chi connectivity index (χ3n) is 5.66. The second kappa shape index (κ2) is 8.34. The molecule has 160 valence electrons. The molecule has 1 aliphatic rings. The predicted molar refractivity (Wildman–Crippen MR) is 118 cm³/mol. The van der Waals surface area contributed by atoms with E-state index in [9.17, 15) is 13.6 Å². The lowest BCUT2D eigenvalue weighted by atomic mass is 10.0. The summed E-state index contributed by atoms with van der Waals surface area (Å²) >= 11 is 0. The quantitative estimate of drug-likeness (QED) is 0.321. The van der Waals surface area contributed by atoms with Crippen LogP contribution in [0.1, 0.15) is 40.5 Å². The van der Waals surface area contributed by atoms with Gasteiger partial charge in [-0.3, -0.25) is 4.79 Å². The van der Waals surface area contributed by atoms with Gasteiger partial charge in [-0.2, -0.15) is 0 Å². The van der Waals surface area contributed by atoms with Gasteiger partial charge in [0.15, 0.2) is 5.65 Å². The van der Waals surface area contributed by atoms with Gasteiger partial charge in [0.1, 0.15) is 23.1 Å². The first-order valence-corrected chi connectivity index (χ1v) is 10.4. The van der Waals surface area contributed by atoms with Gasteiger partial charge in [0.25, 0.3) is 0 Å². The number of carbonyl (C=O) groups is 1. The number of ketones is 1. The molecule has 0 radical (unpaired) electrons. The zero-order chi connectivity index (χ0) is 22.1. The Balaban J connectivity index is 1.45. The summed E-state index contributed by atoms with van der Waals surface area (Å²) < 4.78 is 28.7. The topological polar surface area (TPSA) is 50.5 Å². The molecule has 2 aromatic carbocycles. The monoisotopic (exact) mass is 430 g/mol. The highest BCUT2D eigenvalue weighted by Gasteiger charge is 2.28. The van der Waals surface area contributed by atoms with Crippen LogP contribution in [-0.2, 0) is 0 Å². The SMILES string of the molecule is O=C(/C=C\c1cccc(F)c1)c1cnc2ccc(N3CCC[C@@H]3c3cccc(F)c3)nn12. The molecule has 7 heteroatoms. The molecule has 0 N–H and O–H groups in total. The van der Waals surface area contributed by atoms with Crippen LogP contribution in [0.25, 0.3) is 11.7 Å². The Kier molecular flexibility index (Phi) is 5.23. The Labute approximate surface area is 183 Å². The van der Waals surface area contributed by atoms with Gasteiger partial charge in [-0.25, -0.2) is 18.3 Å². The molecular weight excluding hydrogens is 410 g/mol. The standard InChI is InChI=1S/C25H20F2N4O/c26-19-6-1-4-17(14-19)9-10-23(32)22-16-28-24-11-12-25(29-31(22)24)30-13-3-8-21(30)18-5-2-7-20(27)15-18/h1-2,4-7,9-12,14-16,21H,3,8,13H2/b10-9-/t21-/m1/s1. The lowest BCUT2D eigenvalue weighted by molar-refractivity contribution is 0.104. The fraction of sp³-hybridized carbons (Fsp3) is 0.160. The molecule has 0 aliphatic carbocycles. The summed E-state index contributed by atoms with van der Waals surface area (Å²) in [7, 11) is 0. The number of imidazole rings is 1. The molecule has 32 heavy (non-hydrogen) atoms. The Morgan fingerprint density at radius 1 is 1.03 bits per heavy atom. The van der Waals surface area contributed by atoms with E-state index in [0.29, 0.717) is 22.7 Å². The second-order valence-electron chi connectivity index (χ2n) is 7.76. The van der Waals surface area contributed by atoms with Crippen molar-refractivity contribution in [2.45, 2.75) is 18.9 Å².